The molecule has 1 fully saturated rings. The highest BCUT2D eigenvalue weighted by Gasteiger charge is 2.19. The van der Waals surface area contributed by atoms with Gasteiger partial charge < -0.3 is 10.1 Å². The summed E-state index contributed by atoms with van der Waals surface area (Å²) in [6, 6.07) is 15.0. The number of carbonyl (C=O) groups excluding carboxylic acids is 1. The van der Waals surface area contributed by atoms with Gasteiger partial charge in [-0.3, -0.25) is 4.90 Å². The standard InChI is InChI=1S/C22H27N3O2/c1-2-27-22(26)11-9-18-8-10-21(23-16-18)24-20-12-14-25(15-13-20)17-19-6-4-3-5-7-19/h3-11,16,20H,2,12-15,17H2,1H3,(H,23,24). The lowest BCUT2D eigenvalue weighted by atomic mass is 10.0. The van der Waals surface area contributed by atoms with Gasteiger partial charge in [-0.2, -0.15) is 0 Å². The van der Waals surface area contributed by atoms with Crippen LogP contribution in [0, 0.1) is 0 Å². The first-order chi connectivity index (χ1) is 13.2. The van der Waals surface area contributed by atoms with Crippen molar-refractivity contribution in [1.82, 2.24) is 9.88 Å². The molecule has 5 heteroatoms. The summed E-state index contributed by atoms with van der Waals surface area (Å²) < 4.78 is 4.87. The van der Waals surface area contributed by atoms with Gasteiger partial charge >= 0.3 is 5.97 Å². The fraction of sp³-hybridized carbons (Fsp3) is 0.364. The highest BCUT2D eigenvalue weighted by atomic mass is 16.5. The molecule has 27 heavy (non-hydrogen) atoms. The van der Waals surface area contributed by atoms with Crippen molar-refractivity contribution in [2.75, 3.05) is 25.0 Å². The van der Waals surface area contributed by atoms with E-state index in [4.69, 9.17) is 4.74 Å². The van der Waals surface area contributed by atoms with Gasteiger partial charge in [0.1, 0.15) is 5.82 Å². The number of nitrogens with zero attached hydrogens (tertiary/aromatic N) is 2. The Morgan fingerprint density at radius 2 is 2.00 bits per heavy atom. The van der Waals surface area contributed by atoms with Crippen molar-refractivity contribution < 1.29 is 9.53 Å². The SMILES string of the molecule is CCOC(=O)C=Cc1ccc(NC2CCN(Cc3ccccc3)CC2)nc1. The molecule has 2 heterocycles. The molecule has 0 saturated carbocycles. The second-order valence-corrected chi connectivity index (χ2v) is 6.74. The molecule has 3 rings (SSSR count). The van der Waals surface area contributed by atoms with Gasteiger partial charge in [0.25, 0.3) is 0 Å². The Morgan fingerprint density at radius 3 is 2.67 bits per heavy atom. The normalized spacial score (nSPS) is 15.7. The second-order valence-electron chi connectivity index (χ2n) is 6.74. The maximum Gasteiger partial charge on any atom is 0.330 e. The van der Waals surface area contributed by atoms with Gasteiger partial charge in [0.05, 0.1) is 6.61 Å². The van der Waals surface area contributed by atoms with Crippen LogP contribution < -0.4 is 5.32 Å². The van der Waals surface area contributed by atoms with Gasteiger partial charge in [0, 0.05) is 37.9 Å². The fourth-order valence-electron chi connectivity index (χ4n) is 3.23. The molecule has 0 aliphatic carbocycles. The molecule has 1 aliphatic rings. The Balaban J connectivity index is 1.44. The molecular weight excluding hydrogens is 338 g/mol. The zero-order valence-corrected chi connectivity index (χ0v) is 15.8. The van der Waals surface area contributed by atoms with E-state index in [2.05, 4.69) is 45.5 Å². The quantitative estimate of drug-likeness (QED) is 0.598. The predicted molar refractivity (Wildman–Crippen MR) is 108 cm³/mol. The molecule has 0 bridgehead atoms. The van der Waals surface area contributed by atoms with Crippen LogP contribution in [0.3, 0.4) is 0 Å². The van der Waals surface area contributed by atoms with Gasteiger partial charge in [0.15, 0.2) is 0 Å². The van der Waals surface area contributed by atoms with Crippen LogP contribution >= 0.6 is 0 Å². The van der Waals surface area contributed by atoms with E-state index >= 15 is 0 Å². The number of rotatable bonds is 7. The molecule has 1 N–H and O–H groups in total. The van der Waals surface area contributed by atoms with Crippen LogP contribution in [0.25, 0.3) is 6.08 Å². The third kappa shape index (κ3) is 6.22. The van der Waals surface area contributed by atoms with Crippen LogP contribution in [0.15, 0.2) is 54.7 Å². The van der Waals surface area contributed by atoms with E-state index in [-0.39, 0.29) is 5.97 Å². The molecule has 0 amide bonds. The summed E-state index contributed by atoms with van der Waals surface area (Å²) in [5.41, 5.74) is 2.25. The first kappa shape index (κ1) is 19.1. The molecule has 5 nitrogen and oxygen atoms in total. The molecule has 0 radical (unpaired) electrons. The van der Waals surface area contributed by atoms with E-state index in [9.17, 15) is 4.79 Å². The summed E-state index contributed by atoms with van der Waals surface area (Å²) in [4.78, 5) is 18.3. The molecule has 0 unspecified atom stereocenters. The highest BCUT2D eigenvalue weighted by molar-refractivity contribution is 5.86. The van der Waals surface area contributed by atoms with E-state index in [1.165, 1.54) is 11.6 Å². The Hall–Kier alpha value is -2.66. The summed E-state index contributed by atoms with van der Waals surface area (Å²) in [7, 11) is 0. The van der Waals surface area contributed by atoms with Gasteiger partial charge in [-0.1, -0.05) is 30.3 Å². The number of benzene rings is 1. The summed E-state index contributed by atoms with van der Waals surface area (Å²) in [5, 5.41) is 3.52. The zero-order chi connectivity index (χ0) is 18.9. The lowest BCUT2D eigenvalue weighted by molar-refractivity contribution is -0.137. The number of pyridine rings is 1. The minimum atomic E-state index is -0.332. The molecule has 1 aromatic heterocycles. The van der Waals surface area contributed by atoms with Crippen molar-refractivity contribution in [2.45, 2.75) is 32.4 Å². The number of piperidine rings is 1. The lowest BCUT2D eigenvalue weighted by Crippen LogP contribution is -2.38. The zero-order valence-electron chi connectivity index (χ0n) is 15.8. The third-order valence-corrected chi connectivity index (χ3v) is 4.67. The van der Waals surface area contributed by atoms with E-state index in [1.807, 2.05) is 12.1 Å². The van der Waals surface area contributed by atoms with Crippen LogP contribution in [0.5, 0.6) is 0 Å². The van der Waals surface area contributed by atoms with E-state index in [0.29, 0.717) is 12.6 Å². The van der Waals surface area contributed by atoms with E-state index < -0.39 is 0 Å². The average Bonchev–Trinajstić information content (AvgIpc) is 2.70. The summed E-state index contributed by atoms with van der Waals surface area (Å²) in [5.74, 6) is 0.548. The lowest BCUT2D eigenvalue weighted by Gasteiger charge is -2.32. The van der Waals surface area contributed by atoms with Crippen molar-refractivity contribution in [3.8, 4) is 0 Å². The number of aromatic nitrogens is 1. The fourth-order valence-corrected chi connectivity index (χ4v) is 3.23. The first-order valence-electron chi connectivity index (χ1n) is 9.56. The highest BCUT2D eigenvalue weighted by Crippen LogP contribution is 2.17. The predicted octanol–water partition coefficient (Wildman–Crippen LogP) is 3.73. The van der Waals surface area contributed by atoms with Crippen LogP contribution in [0.2, 0.25) is 0 Å². The molecule has 2 aromatic rings. The number of hydrogen-bond acceptors (Lipinski definition) is 5. The summed E-state index contributed by atoms with van der Waals surface area (Å²) in [6.07, 6.45) is 7.13. The molecule has 1 aliphatic heterocycles. The van der Waals surface area contributed by atoms with Gasteiger partial charge in [-0.05, 0) is 49.1 Å². The number of likely N-dealkylation sites (tertiary alicyclic amines) is 1. The van der Waals surface area contributed by atoms with Crippen molar-refractivity contribution in [3.63, 3.8) is 0 Å². The molecule has 0 spiro atoms. The van der Waals surface area contributed by atoms with Gasteiger partial charge in [-0.15, -0.1) is 0 Å². The number of hydrogen-bond donors (Lipinski definition) is 1. The van der Waals surface area contributed by atoms with Gasteiger partial charge in [0.2, 0.25) is 0 Å². The number of ether oxygens (including phenoxy) is 1. The molecule has 142 valence electrons. The summed E-state index contributed by atoms with van der Waals surface area (Å²) >= 11 is 0. The monoisotopic (exact) mass is 365 g/mol. The Morgan fingerprint density at radius 1 is 1.22 bits per heavy atom. The van der Waals surface area contributed by atoms with Gasteiger partial charge in [-0.25, -0.2) is 9.78 Å². The van der Waals surface area contributed by atoms with Crippen molar-refractivity contribution in [2.24, 2.45) is 0 Å². The maximum absolute atomic E-state index is 11.3. The maximum atomic E-state index is 11.3. The Kier molecular flexibility index (Phi) is 6.99. The van der Waals surface area contributed by atoms with Crippen LogP contribution in [-0.2, 0) is 16.1 Å². The molecule has 1 saturated heterocycles. The van der Waals surface area contributed by atoms with Crippen molar-refractivity contribution in [3.05, 3.63) is 65.9 Å². The van der Waals surface area contributed by atoms with Crippen molar-refractivity contribution >= 4 is 17.9 Å². The average molecular weight is 365 g/mol. The van der Waals surface area contributed by atoms with E-state index in [1.54, 1.807) is 19.2 Å². The minimum Gasteiger partial charge on any atom is -0.463 e. The Bertz CT molecular complexity index is 736. The minimum absolute atomic E-state index is 0.332. The second kappa shape index (κ2) is 9.88. The van der Waals surface area contributed by atoms with Crippen LogP contribution in [0.1, 0.15) is 30.9 Å². The van der Waals surface area contributed by atoms with E-state index in [0.717, 1.165) is 43.9 Å². The molecule has 1 aromatic carbocycles. The number of nitrogens with one attached hydrogen (secondary N) is 1. The largest absolute Gasteiger partial charge is 0.463 e. The van der Waals surface area contributed by atoms with Crippen molar-refractivity contribution in [1.29, 1.82) is 0 Å². The first-order valence-corrected chi connectivity index (χ1v) is 9.56. The van der Waals surface area contributed by atoms with Crippen LogP contribution in [-0.4, -0.2) is 41.6 Å². The molecule has 0 atom stereocenters. The number of carbonyl (C=O) groups is 1. The topological polar surface area (TPSA) is 54.5 Å². The molecular formula is C22H27N3O2. The smallest absolute Gasteiger partial charge is 0.330 e. The third-order valence-electron chi connectivity index (χ3n) is 4.67. The van der Waals surface area contributed by atoms with Crippen LogP contribution in [0.4, 0.5) is 5.82 Å². The Labute approximate surface area is 161 Å². The number of esters is 1. The summed E-state index contributed by atoms with van der Waals surface area (Å²) in [6.45, 7) is 5.38. The number of anilines is 1.